The van der Waals surface area contributed by atoms with Crippen LogP contribution in [0.25, 0.3) is 0 Å². The van der Waals surface area contributed by atoms with Crippen LogP contribution in [0.1, 0.15) is 41.5 Å². The fraction of sp³-hybridized carbons (Fsp3) is 0.667. The quantitative estimate of drug-likeness (QED) is 0.445. The van der Waals surface area contributed by atoms with E-state index in [0.29, 0.717) is 39.6 Å². The lowest BCUT2D eigenvalue weighted by Crippen LogP contribution is -2.59. The molecule has 0 atom stereocenters. The zero-order chi connectivity index (χ0) is 19.5. The summed E-state index contributed by atoms with van der Waals surface area (Å²) in [6.45, 7) is 14.9. The molecule has 0 amide bonds. The third-order valence-corrected chi connectivity index (χ3v) is 9.69. The Balaban J connectivity index is 3.27. The maximum absolute atomic E-state index is 5.98. The molecule has 150 valence electrons. The Hall–Kier alpha value is -0.586. The molecule has 0 aliphatic carbocycles. The summed E-state index contributed by atoms with van der Waals surface area (Å²) in [5.41, 5.74) is 0. The van der Waals surface area contributed by atoms with E-state index in [0.717, 1.165) is 10.4 Å². The van der Waals surface area contributed by atoms with Gasteiger partial charge in [-0.05, 0) is 41.5 Å². The molecule has 0 aliphatic heterocycles. The van der Waals surface area contributed by atoms with Crippen LogP contribution in [0.3, 0.4) is 0 Å². The van der Waals surface area contributed by atoms with Gasteiger partial charge in [-0.1, -0.05) is 24.3 Å². The molecule has 0 radical (unpaired) electrons. The van der Waals surface area contributed by atoms with Crippen molar-refractivity contribution in [3.05, 3.63) is 24.3 Å². The van der Waals surface area contributed by atoms with Gasteiger partial charge in [0.15, 0.2) is 0 Å². The van der Waals surface area contributed by atoms with Gasteiger partial charge in [-0.3, -0.25) is 0 Å². The van der Waals surface area contributed by atoms with Crippen molar-refractivity contribution >= 4 is 28.0 Å². The van der Waals surface area contributed by atoms with E-state index in [1.165, 1.54) is 0 Å². The maximum atomic E-state index is 5.98. The van der Waals surface area contributed by atoms with E-state index in [9.17, 15) is 0 Å². The molecule has 0 unspecified atom stereocenters. The Morgan fingerprint density at radius 3 is 0.808 bits per heavy atom. The summed E-state index contributed by atoms with van der Waals surface area (Å²) < 4.78 is 35.9. The van der Waals surface area contributed by atoms with Crippen LogP contribution in [-0.4, -0.2) is 57.3 Å². The minimum absolute atomic E-state index is 0.531. The Kier molecular flexibility index (Phi) is 10.8. The van der Waals surface area contributed by atoms with Crippen LogP contribution in [0.2, 0.25) is 0 Å². The van der Waals surface area contributed by atoms with Gasteiger partial charge in [0.2, 0.25) is 0 Å². The molecule has 0 aromatic heterocycles. The predicted octanol–water partition coefficient (Wildman–Crippen LogP) is 2.20. The first-order valence-corrected chi connectivity index (χ1v) is 13.0. The average Bonchev–Trinajstić information content (AvgIpc) is 2.63. The van der Waals surface area contributed by atoms with Crippen molar-refractivity contribution in [3.63, 3.8) is 0 Å². The van der Waals surface area contributed by atoms with Gasteiger partial charge >= 0.3 is 17.6 Å². The van der Waals surface area contributed by atoms with Crippen molar-refractivity contribution in [2.45, 2.75) is 41.5 Å². The van der Waals surface area contributed by atoms with Crippen molar-refractivity contribution in [1.29, 1.82) is 0 Å². The molecule has 8 heteroatoms. The molecular formula is C18H34O6Si2. The van der Waals surface area contributed by atoms with Gasteiger partial charge in [-0.15, -0.1) is 0 Å². The molecular weight excluding hydrogens is 368 g/mol. The topological polar surface area (TPSA) is 55.4 Å². The monoisotopic (exact) mass is 402 g/mol. The van der Waals surface area contributed by atoms with E-state index in [1.54, 1.807) is 0 Å². The van der Waals surface area contributed by atoms with Crippen molar-refractivity contribution in [1.82, 2.24) is 0 Å². The fourth-order valence-electron chi connectivity index (χ4n) is 2.77. The van der Waals surface area contributed by atoms with Crippen molar-refractivity contribution in [3.8, 4) is 0 Å². The number of hydrogen-bond donors (Lipinski definition) is 0. The van der Waals surface area contributed by atoms with Crippen LogP contribution in [-0.2, 0) is 26.6 Å². The second-order valence-electron chi connectivity index (χ2n) is 5.29. The maximum Gasteiger partial charge on any atom is 0.537 e. The van der Waals surface area contributed by atoms with Gasteiger partial charge in [0, 0.05) is 50.0 Å². The molecule has 0 fully saturated rings. The van der Waals surface area contributed by atoms with Gasteiger partial charge in [-0.2, -0.15) is 0 Å². The van der Waals surface area contributed by atoms with Crippen molar-refractivity contribution in [2.75, 3.05) is 39.6 Å². The van der Waals surface area contributed by atoms with E-state index >= 15 is 0 Å². The first kappa shape index (κ1) is 23.5. The van der Waals surface area contributed by atoms with Crippen LogP contribution in [0.4, 0.5) is 0 Å². The molecule has 0 spiro atoms. The van der Waals surface area contributed by atoms with Gasteiger partial charge < -0.3 is 26.6 Å². The average molecular weight is 403 g/mol. The van der Waals surface area contributed by atoms with Crippen LogP contribution >= 0.6 is 0 Å². The summed E-state index contributed by atoms with van der Waals surface area (Å²) in [5.74, 6) is 0. The minimum atomic E-state index is -2.92. The Bertz CT molecular complexity index is 418. The van der Waals surface area contributed by atoms with Gasteiger partial charge in [0.05, 0.1) is 0 Å². The molecule has 0 N–H and O–H groups in total. The second-order valence-corrected chi connectivity index (χ2v) is 10.4. The molecule has 1 rings (SSSR count). The highest BCUT2D eigenvalue weighted by Crippen LogP contribution is 2.14. The molecule has 26 heavy (non-hydrogen) atoms. The molecule has 0 saturated heterocycles. The highest BCUT2D eigenvalue weighted by Gasteiger charge is 2.46. The highest BCUT2D eigenvalue weighted by atomic mass is 28.4. The van der Waals surface area contributed by atoms with E-state index in [1.807, 2.05) is 65.8 Å². The summed E-state index contributed by atoms with van der Waals surface area (Å²) in [4.78, 5) is 0. The summed E-state index contributed by atoms with van der Waals surface area (Å²) in [6, 6.07) is 7.95. The fourth-order valence-corrected chi connectivity index (χ4v) is 7.70. The van der Waals surface area contributed by atoms with Gasteiger partial charge in [0.1, 0.15) is 0 Å². The molecule has 1 aromatic rings. The Morgan fingerprint density at radius 2 is 0.654 bits per heavy atom. The third-order valence-electron chi connectivity index (χ3n) is 3.60. The lowest BCUT2D eigenvalue weighted by Gasteiger charge is -2.30. The first-order chi connectivity index (χ1) is 12.6. The first-order valence-electron chi connectivity index (χ1n) is 9.52. The highest BCUT2D eigenvalue weighted by molar-refractivity contribution is 6.77. The van der Waals surface area contributed by atoms with Crippen LogP contribution < -0.4 is 10.4 Å². The zero-order valence-corrected chi connectivity index (χ0v) is 19.0. The van der Waals surface area contributed by atoms with E-state index in [2.05, 4.69) is 0 Å². The number of hydrogen-bond acceptors (Lipinski definition) is 6. The Labute approximate surface area is 160 Å². The molecule has 0 bridgehead atoms. The van der Waals surface area contributed by atoms with E-state index < -0.39 is 17.6 Å². The lowest BCUT2D eigenvalue weighted by molar-refractivity contribution is 0.0845. The summed E-state index contributed by atoms with van der Waals surface area (Å²) >= 11 is 0. The summed E-state index contributed by atoms with van der Waals surface area (Å²) in [6.07, 6.45) is 0. The zero-order valence-electron chi connectivity index (χ0n) is 17.0. The van der Waals surface area contributed by atoms with E-state index in [-0.39, 0.29) is 0 Å². The van der Waals surface area contributed by atoms with E-state index in [4.69, 9.17) is 26.6 Å². The lowest BCUT2D eigenvalue weighted by atomic mass is 10.4. The largest absolute Gasteiger partial charge is 0.537 e. The molecule has 0 aliphatic rings. The van der Waals surface area contributed by atoms with Crippen LogP contribution in [0, 0.1) is 0 Å². The Morgan fingerprint density at radius 1 is 0.462 bits per heavy atom. The van der Waals surface area contributed by atoms with Gasteiger partial charge in [-0.25, -0.2) is 0 Å². The molecule has 6 nitrogen and oxygen atoms in total. The van der Waals surface area contributed by atoms with Crippen LogP contribution in [0.5, 0.6) is 0 Å². The standard InChI is InChI=1S/C18H34O6Si2/c1-7-19-25(20-8-2,21-9-3)17-13-15-18(16-14-17)26(22-10-4,23-11-5)24-12-6/h13-16H,7-12H2,1-6H3. The second kappa shape index (κ2) is 12.0. The molecule has 1 aromatic carbocycles. The predicted molar refractivity (Wildman–Crippen MR) is 107 cm³/mol. The third kappa shape index (κ3) is 5.70. The van der Waals surface area contributed by atoms with Crippen molar-refractivity contribution in [2.24, 2.45) is 0 Å². The van der Waals surface area contributed by atoms with Crippen molar-refractivity contribution < 1.29 is 26.6 Å². The molecule has 0 heterocycles. The SMILES string of the molecule is CCO[Si](OCC)(OCC)c1ccc([Si](OCC)(OCC)OCC)cc1. The number of rotatable bonds is 14. The molecule has 0 saturated carbocycles. The normalized spacial score (nSPS) is 12.5. The minimum Gasteiger partial charge on any atom is -0.370 e. The van der Waals surface area contributed by atoms with Gasteiger partial charge in [0.25, 0.3) is 0 Å². The smallest absolute Gasteiger partial charge is 0.370 e. The summed E-state index contributed by atoms with van der Waals surface area (Å²) in [5, 5.41) is 1.86. The number of benzene rings is 1. The van der Waals surface area contributed by atoms with Crippen LogP contribution in [0.15, 0.2) is 24.3 Å². The summed E-state index contributed by atoms with van der Waals surface area (Å²) in [7, 11) is -5.83.